The summed E-state index contributed by atoms with van der Waals surface area (Å²) in [5, 5.41) is 10.9. The maximum atomic E-state index is 13.3. The quantitative estimate of drug-likeness (QED) is 0.681. The van der Waals surface area contributed by atoms with Gasteiger partial charge in [-0.1, -0.05) is 0 Å². The van der Waals surface area contributed by atoms with E-state index in [1.54, 1.807) is 0 Å². The molecule has 0 spiro atoms. The number of nitrogens with zero attached hydrogens (tertiary/aromatic N) is 2. The molecule has 1 fully saturated rings. The molecule has 2 unspecified atom stereocenters. The number of benzene rings is 1. The lowest BCUT2D eigenvalue weighted by Gasteiger charge is -2.21. The van der Waals surface area contributed by atoms with Crippen molar-refractivity contribution in [2.75, 3.05) is 13.1 Å². The fourth-order valence-electron chi connectivity index (χ4n) is 2.59. The zero-order chi connectivity index (χ0) is 14.9. The molecule has 1 aliphatic rings. The van der Waals surface area contributed by atoms with Crippen molar-refractivity contribution in [1.29, 1.82) is 0 Å². The van der Waals surface area contributed by atoms with Gasteiger partial charge in [-0.05, 0) is 37.9 Å². The minimum absolute atomic E-state index is 0. The zero-order valence-electron chi connectivity index (χ0n) is 11.5. The molecule has 1 aliphatic heterocycles. The Balaban J connectivity index is 0.00000220. The third-order valence-corrected chi connectivity index (χ3v) is 3.64. The van der Waals surface area contributed by atoms with Crippen molar-refractivity contribution in [1.82, 2.24) is 4.90 Å². The van der Waals surface area contributed by atoms with Gasteiger partial charge in [0.2, 0.25) is 0 Å². The van der Waals surface area contributed by atoms with Crippen molar-refractivity contribution in [3.05, 3.63) is 39.7 Å². The molecule has 1 amide bonds. The van der Waals surface area contributed by atoms with Crippen molar-refractivity contribution in [3.8, 4) is 0 Å². The van der Waals surface area contributed by atoms with Gasteiger partial charge in [0.1, 0.15) is 11.4 Å². The number of amides is 1. The van der Waals surface area contributed by atoms with Gasteiger partial charge in [0.25, 0.3) is 11.6 Å². The topological polar surface area (TPSA) is 89.5 Å². The fraction of sp³-hybridized carbons (Fsp3) is 0.462. The van der Waals surface area contributed by atoms with Crippen LogP contribution in [0, 0.1) is 21.8 Å². The second-order valence-corrected chi connectivity index (χ2v) is 5.06. The molecule has 0 aliphatic carbocycles. The first-order chi connectivity index (χ1) is 9.43. The monoisotopic (exact) mass is 317 g/mol. The van der Waals surface area contributed by atoms with Crippen LogP contribution in [0.25, 0.3) is 0 Å². The predicted molar refractivity (Wildman–Crippen MR) is 78.0 cm³/mol. The molecule has 21 heavy (non-hydrogen) atoms. The minimum atomic E-state index is -0.673. The maximum Gasteiger partial charge on any atom is 0.282 e. The SMILES string of the molecule is CC1CC(CN)CN1C(=O)c1cc(F)ccc1[N+](=O)[O-].Cl. The number of nitro groups is 1. The zero-order valence-corrected chi connectivity index (χ0v) is 12.3. The van der Waals surface area contributed by atoms with Gasteiger partial charge >= 0.3 is 0 Å². The van der Waals surface area contributed by atoms with Gasteiger partial charge in [0.05, 0.1) is 4.92 Å². The van der Waals surface area contributed by atoms with E-state index >= 15 is 0 Å². The highest BCUT2D eigenvalue weighted by Crippen LogP contribution is 2.27. The molecule has 2 atom stereocenters. The summed E-state index contributed by atoms with van der Waals surface area (Å²) >= 11 is 0. The first-order valence-corrected chi connectivity index (χ1v) is 6.39. The molecular weight excluding hydrogens is 301 g/mol. The molecule has 0 bridgehead atoms. The molecule has 116 valence electrons. The van der Waals surface area contributed by atoms with Gasteiger partial charge in [-0.3, -0.25) is 14.9 Å². The normalized spacial score (nSPS) is 21.0. The van der Waals surface area contributed by atoms with E-state index in [0.29, 0.717) is 13.1 Å². The van der Waals surface area contributed by atoms with E-state index in [1.165, 1.54) is 4.90 Å². The molecule has 1 heterocycles. The number of carbonyl (C=O) groups is 1. The van der Waals surface area contributed by atoms with Crippen LogP contribution in [0.5, 0.6) is 0 Å². The maximum absolute atomic E-state index is 13.3. The van der Waals surface area contributed by atoms with Gasteiger partial charge in [0.15, 0.2) is 0 Å². The molecule has 0 saturated carbocycles. The van der Waals surface area contributed by atoms with E-state index in [1.807, 2.05) is 6.92 Å². The average Bonchev–Trinajstić information content (AvgIpc) is 2.78. The molecule has 1 aromatic rings. The van der Waals surface area contributed by atoms with Crippen LogP contribution in [0.4, 0.5) is 10.1 Å². The van der Waals surface area contributed by atoms with E-state index in [9.17, 15) is 19.3 Å². The summed E-state index contributed by atoms with van der Waals surface area (Å²) in [6.07, 6.45) is 0.755. The van der Waals surface area contributed by atoms with Crippen molar-refractivity contribution in [2.24, 2.45) is 11.7 Å². The van der Waals surface area contributed by atoms with Crippen molar-refractivity contribution in [3.63, 3.8) is 0 Å². The van der Waals surface area contributed by atoms with E-state index in [0.717, 1.165) is 24.6 Å². The predicted octanol–water partition coefficient (Wildman–Crippen LogP) is 1.97. The third kappa shape index (κ3) is 3.48. The summed E-state index contributed by atoms with van der Waals surface area (Å²) in [5.74, 6) is -0.998. The lowest BCUT2D eigenvalue weighted by atomic mass is 10.1. The van der Waals surface area contributed by atoms with E-state index in [-0.39, 0.29) is 35.6 Å². The molecule has 2 rings (SSSR count). The second-order valence-electron chi connectivity index (χ2n) is 5.06. The highest BCUT2D eigenvalue weighted by atomic mass is 35.5. The molecule has 0 radical (unpaired) electrons. The summed E-state index contributed by atoms with van der Waals surface area (Å²) in [7, 11) is 0. The number of carbonyl (C=O) groups excluding carboxylic acids is 1. The number of hydrogen-bond acceptors (Lipinski definition) is 4. The summed E-state index contributed by atoms with van der Waals surface area (Å²) in [5.41, 5.74) is 5.01. The first-order valence-electron chi connectivity index (χ1n) is 6.39. The Bertz CT molecular complexity index is 555. The smallest absolute Gasteiger partial charge is 0.282 e. The molecule has 1 aromatic carbocycles. The Kier molecular flexibility index (Phi) is 5.62. The van der Waals surface area contributed by atoms with Gasteiger partial charge in [-0.15, -0.1) is 12.4 Å². The first kappa shape index (κ1) is 17.3. The molecule has 6 nitrogen and oxygen atoms in total. The van der Waals surface area contributed by atoms with E-state index in [2.05, 4.69) is 0 Å². The Morgan fingerprint density at radius 1 is 1.57 bits per heavy atom. The number of nitrogens with two attached hydrogens (primary N) is 1. The molecule has 2 N–H and O–H groups in total. The average molecular weight is 318 g/mol. The Morgan fingerprint density at radius 2 is 2.24 bits per heavy atom. The van der Waals surface area contributed by atoms with Gasteiger partial charge in [0, 0.05) is 18.7 Å². The second kappa shape index (κ2) is 6.82. The van der Waals surface area contributed by atoms with E-state index < -0.39 is 16.6 Å². The van der Waals surface area contributed by atoms with E-state index in [4.69, 9.17) is 5.73 Å². The summed E-state index contributed by atoms with van der Waals surface area (Å²) < 4.78 is 13.3. The number of nitro benzene ring substituents is 1. The van der Waals surface area contributed by atoms with Crippen LogP contribution in [-0.4, -0.2) is 34.9 Å². The third-order valence-electron chi connectivity index (χ3n) is 3.64. The van der Waals surface area contributed by atoms with Crippen LogP contribution in [0.2, 0.25) is 0 Å². The number of likely N-dealkylation sites (tertiary alicyclic amines) is 1. The minimum Gasteiger partial charge on any atom is -0.335 e. The molecular formula is C13H17ClFN3O3. The van der Waals surface area contributed by atoms with Gasteiger partial charge < -0.3 is 10.6 Å². The summed E-state index contributed by atoms with van der Waals surface area (Å²) in [6, 6.07) is 2.86. The lowest BCUT2D eigenvalue weighted by Crippen LogP contribution is -2.34. The Hall–Kier alpha value is -1.73. The van der Waals surface area contributed by atoms with Crippen molar-refractivity contribution < 1.29 is 14.1 Å². The highest BCUT2D eigenvalue weighted by Gasteiger charge is 2.34. The Morgan fingerprint density at radius 3 is 2.76 bits per heavy atom. The number of rotatable bonds is 3. The molecule has 8 heteroatoms. The molecule has 0 aromatic heterocycles. The lowest BCUT2D eigenvalue weighted by molar-refractivity contribution is -0.385. The van der Waals surface area contributed by atoms with Crippen molar-refractivity contribution in [2.45, 2.75) is 19.4 Å². The summed E-state index contributed by atoms with van der Waals surface area (Å²) in [6.45, 7) is 2.77. The fourth-order valence-corrected chi connectivity index (χ4v) is 2.59. The summed E-state index contributed by atoms with van der Waals surface area (Å²) in [4.78, 5) is 24.2. The van der Waals surface area contributed by atoms with Crippen LogP contribution < -0.4 is 5.73 Å². The van der Waals surface area contributed by atoms with Crippen LogP contribution in [-0.2, 0) is 0 Å². The molecule has 1 saturated heterocycles. The van der Waals surface area contributed by atoms with Crippen LogP contribution in [0.3, 0.4) is 0 Å². The largest absolute Gasteiger partial charge is 0.335 e. The number of halogens is 2. The standard InChI is InChI=1S/C13H16FN3O3.ClH/c1-8-4-9(6-15)7-16(8)13(18)11-5-10(14)2-3-12(11)17(19)20;/h2-3,5,8-9H,4,6-7,15H2,1H3;1H. The van der Waals surface area contributed by atoms with Gasteiger partial charge in [-0.25, -0.2) is 4.39 Å². The van der Waals surface area contributed by atoms with Gasteiger partial charge in [-0.2, -0.15) is 0 Å². The van der Waals surface area contributed by atoms with Crippen LogP contribution in [0.1, 0.15) is 23.7 Å². The van der Waals surface area contributed by atoms with Crippen LogP contribution >= 0.6 is 12.4 Å². The number of hydrogen-bond donors (Lipinski definition) is 1. The Labute approximate surface area is 127 Å². The van der Waals surface area contributed by atoms with Crippen molar-refractivity contribution >= 4 is 24.0 Å². The van der Waals surface area contributed by atoms with Crippen LogP contribution in [0.15, 0.2) is 18.2 Å². The highest BCUT2D eigenvalue weighted by molar-refractivity contribution is 5.98.